The molecule has 1 nitrogen and oxygen atoms in total. The van der Waals surface area contributed by atoms with E-state index >= 15 is 0 Å². The predicted molar refractivity (Wildman–Crippen MR) is 72.8 cm³/mol. The number of hydrogen-bond donors (Lipinski definition) is 0. The van der Waals surface area contributed by atoms with Crippen molar-refractivity contribution in [2.45, 2.75) is 26.7 Å². The molecule has 2 heteroatoms. The number of aromatic nitrogens is 1. The van der Waals surface area contributed by atoms with E-state index < -0.39 is 0 Å². The largest absolute Gasteiger partial charge is 0.261 e. The van der Waals surface area contributed by atoms with Gasteiger partial charge >= 0.3 is 0 Å². The highest BCUT2D eigenvalue weighted by molar-refractivity contribution is 5.62. The van der Waals surface area contributed by atoms with E-state index in [9.17, 15) is 4.39 Å². The van der Waals surface area contributed by atoms with Gasteiger partial charge in [-0.05, 0) is 42.5 Å². The van der Waals surface area contributed by atoms with Crippen LogP contribution in [0.15, 0.2) is 42.6 Å². The van der Waals surface area contributed by atoms with E-state index in [0.29, 0.717) is 5.92 Å². The zero-order valence-corrected chi connectivity index (χ0v) is 10.9. The molecular formula is C16H18FN. The lowest BCUT2D eigenvalue weighted by Gasteiger charge is -2.05. The molecule has 0 aliphatic rings. The van der Waals surface area contributed by atoms with Crippen molar-refractivity contribution in [1.82, 2.24) is 4.98 Å². The van der Waals surface area contributed by atoms with Gasteiger partial charge in [0.2, 0.25) is 0 Å². The molecule has 0 aliphatic carbocycles. The fourth-order valence-electron chi connectivity index (χ4n) is 1.82. The van der Waals surface area contributed by atoms with Gasteiger partial charge < -0.3 is 0 Å². The monoisotopic (exact) mass is 243 g/mol. The Morgan fingerprint density at radius 1 is 1.00 bits per heavy atom. The molecule has 1 aromatic carbocycles. The number of halogens is 1. The number of pyridine rings is 1. The van der Waals surface area contributed by atoms with Crippen molar-refractivity contribution < 1.29 is 4.39 Å². The Morgan fingerprint density at radius 2 is 1.67 bits per heavy atom. The molecule has 1 aromatic heterocycles. The lowest BCUT2D eigenvalue weighted by atomic mass is 10.0. The first-order valence-electron chi connectivity index (χ1n) is 6.36. The number of nitrogens with zero attached hydrogens (tertiary/aromatic N) is 1. The van der Waals surface area contributed by atoms with Crippen molar-refractivity contribution in [3.63, 3.8) is 0 Å². The van der Waals surface area contributed by atoms with Crippen LogP contribution in [0.3, 0.4) is 0 Å². The van der Waals surface area contributed by atoms with Crippen LogP contribution >= 0.6 is 0 Å². The minimum Gasteiger partial charge on any atom is -0.261 e. The summed E-state index contributed by atoms with van der Waals surface area (Å²) in [6, 6.07) is 10.6. The molecule has 0 saturated heterocycles. The van der Waals surface area contributed by atoms with Gasteiger partial charge in [-0.25, -0.2) is 4.39 Å². The normalized spacial score (nSPS) is 10.9. The van der Waals surface area contributed by atoms with Gasteiger partial charge in [-0.15, -0.1) is 0 Å². The summed E-state index contributed by atoms with van der Waals surface area (Å²) in [5.74, 6) is 0.490. The standard InChI is InChI=1S/C16H18FN/c1-12(2)3-9-16-10-6-14(11-18-16)13-4-7-15(17)8-5-13/h4-8,10-12H,3,9H2,1-2H3. The Morgan fingerprint density at radius 3 is 2.22 bits per heavy atom. The topological polar surface area (TPSA) is 12.9 Å². The molecule has 0 saturated carbocycles. The third-order valence-electron chi connectivity index (χ3n) is 2.98. The summed E-state index contributed by atoms with van der Waals surface area (Å²) < 4.78 is 12.8. The molecule has 0 spiro atoms. The van der Waals surface area contributed by atoms with Crippen LogP contribution in [-0.2, 0) is 6.42 Å². The molecule has 0 N–H and O–H groups in total. The van der Waals surface area contributed by atoms with Gasteiger partial charge in [0.05, 0.1) is 0 Å². The van der Waals surface area contributed by atoms with Crippen molar-refractivity contribution in [1.29, 1.82) is 0 Å². The van der Waals surface area contributed by atoms with Gasteiger partial charge in [-0.2, -0.15) is 0 Å². The molecule has 2 rings (SSSR count). The fourth-order valence-corrected chi connectivity index (χ4v) is 1.82. The van der Waals surface area contributed by atoms with Gasteiger partial charge in [-0.1, -0.05) is 32.0 Å². The van der Waals surface area contributed by atoms with Crippen molar-refractivity contribution >= 4 is 0 Å². The molecule has 0 radical (unpaired) electrons. The summed E-state index contributed by atoms with van der Waals surface area (Å²) in [6.07, 6.45) is 4.03. The second-order valence-electron chi connectivity index (χ2n) is 4.98. The lowest BCUT2D eigenvalue weighted by molar-refractivity contribution is 0.581. The first kappa shape index (κ1) is 12.7. The maximum Gasteiger partial charge on any atom is 0.123 e. The van der Waals surface area contributed by atoms with Crippen LogP contribution in [0, 0.1) is 11.7 Å². The molecule has 2 aromatic rings. The van der Waals surface area contributed by atoms with Gasteiger partial charge in [0.1, 0.15) is 5.82 Å². The molecule has 0 fully saturated rings. The highest BCUT2D eigenvalue weighted by atomic mass is 19.1. The van der Waals surface area contributed by atoms with Crippen LogP contribution in [0.1, 0.15) is 26.0 Å². The predicted octanol–water partition coefficient (Wildman–Crippen LogP) is 4.48. The first-order valence-corrected chi connectivity index (χ1v) is 6.36. The zero-order chi connectivity index (χ0) is 13.0. The molecule has 1 heterocycles. The molecule has 0 amide bonds. The number of hydrogen-bond acceptors (Lipinski definition) is 1. The van der Waals surface area contributed by atoms with Crippen LogP contribution in [-0.4, -0.2) is 4.98 Å². The summed E-state index contributed by atoms with van der Waals surface area (Å²) in [6.45, 7) is 4.43. The highest BCUT2D eigenvalue weighted by Crippen LogP contribution is 2.19. The summed E-state index contributed by atoms with van der Waals surface area (Å²) in [7, 11) is 0. The molecular weight excluding hydrogens is 225 g/mol. The van der Waals surface area contributed by atoms with Crippen molar-refractivity contribution in [2.24, 2.45) is 5.92 Å². The quantitative estimate of drug-likeness (QED) is 0.771. The smallest absolute Gasteiger partial charge is 0.123 e. The Hall–Kier alpha value is -1.70. The maximum atomic E-state index is 12.8. The number of aryl methyl sites for hydroxylation is 1. The molecule has 0 aliphatic heterocycles. The zero-order valence-electron chi connectivity index (χ0n) is 10.9. The molecule has 0 bridgehead atoms. The Bertz CT molecular complexity index is 486. The van der Waals surface area contributed by atoms with Gasteiger partial charge in [0.15, 0.2) is 0 Å². The lowest BCUT2D eigenvalue weighted by Crippen LogP contribution is -1.94. The first-order chi connectivity index (χ1) is 8.65. The van der Waals surface area contributed by atoms with Gasteiger partial charge in [0, 0.05) is 17.5 Å². The van der Waals surface area contributed by atoms with E-state index in [2.05, 4.69) is 31.0 Å². The minimum atomic E-state index is -0.208. The van der Waals surface area contributed by atoms with E-state index in [4.69, 9.17) is 0 Å². The average molecular weight is 243 g/mol. The van der Waals surface area contributed by atoms with E-state index in [1.807, 2.05) is 6.20 Å². The summed E-state index contributed by atoms with van der Waals surface area (Å²) in [5.41, 5.74) is 3.15. The second kappa shape index (κ2) is 5.76. The van der Waals surface area contributed by atoms with Crippen LogP contribution in [0.25, 0.3) is 11.1 Å². The second-order valence-corrected chi connectivity index (χ2v) is 4.98. The Labute approximate surface area is 108 Å². The SMILES string of the molecule is CC(C)CCc1ccc(-c2ccc(F)cc2)cn1. The third kappa shape index (κ3) is 3.39. The number of rotatable bonds is 4. The van der Waals surface area contributed by atoms with E-state index in [0.717, 1.165) is 29.7 Å². The van der Waals surface area contributed by atoms with Gasteiger partial charge in [-0.3, -0.25) is 4.98 Å². The molecule has 0 unspecified atom stereocenters. The van der Waals surface area contributed by atoms with E-state index in [1.54, 1.807) is 12.1 Å². The van der Waals surface area contributed by atoms with E-state index in [-0.39, 0.29) is 5.82 Å². The van der Waals surface area contributed by atoms with Gasteiger partial charge in [0.25, 0.3) is 0 Å². The van der Waals surface area contributed by atoms with Crippen LogP contribution in [0.2, 0.25) is 0 Å². The molecule has 18 heavy (non-hydrogen) atoms. The Balaban J connectivity index is 2.09. The van der Waals surface area contributed by atoms with Crippen molar-refractivity contribution in [3.8, 4) is 11.1 Å². The molecule has 0 atom stereocenters. The summed E-state index contributed by atoms with van der Waals surface area (Å²) in [4.78, 5) is 4.46. The van der Waals surface area contributed by atoms with Crippen LogP contribution in [0.4, 0.5) is 4.39 Å². The van der Waals surface area contributed by atoms with Crippen molar-refractivity contribution in [2.75, 3.05) is 0 Å². The third-order valence-corrected chi connectivity index (χ3v) is 2.98. The Kier molecular flexibility index (Phi) is 4.08. The average Bonchev–Trinajstić information content (AvgIpc) is 2.38. The summed E-state index contributed by atoms with van der Waals surface area (Å²) in [5, 5.41) is 0. The summed E-state index contributed by atoms with van der Waals surface area (Å²) >= 11 is 0. The minimum absolute atomic E-state index is 0.208. The molecule has 94 valence electrons. The number of benzene rings is 1. The van der Waals surface area contributed by atoms with Crippen LogP contribution < -0.4 is 0 Å². The van der Waals surface area contributed by atoms with Crippen LogP contribution in [0.5, 0.6) is 0 Å². The fraction of sp³-hybridized carbons (Fsp3) is 0.312. The highest BCUT2D eigenvalue weighted by Gasteiger charge is 2.01. The maximum absolute atomic E-state index is 12.8. The van der Waals surface area contributed by atoms with Crippen molar-refractivity contribution in [3.05, 3.63) is 54.1 Å². The van der Waals surface area contributed by atoms with E-state index in [1.165, 1.54) is 12.1 Å².